The maximum absolute atomic E-state index is 14.9. The van der Waals surface area contributed by atoms with Crippen molar-refractivity contribution in [2.24, 2.45) is 21.5 Å². The largest absolute Gasteiger partial charge is 0.394 e. The van der Waals surface area contributed by atoms with Crippen molar-refractivity contribution >= 4 is 82.0 Å². The van der Waals surface area contributed by atoms with E-state index in [0.717, 1.165) is 0 Å². The zero-order valence-electron chi connectivity index (χ0n) is 43.0. The summed E-state index contributed by atoms with van der Waals surface area (Å²) < 4.78 is 0. The zero-order chi connectivity index (χ0) is 55.6. The Labute approximate surface area is 444 Å². The normalized spacial score (nSPS) is 23.4. The monoisotopic (exact) mass is 1060 g/mol. The highest BCUT2D eigenvalue weighted by Crippen LogP contribution is 2.22. The van der Waals surface area contributed by atoms with Gasteiger partial charge in [0.2, 0.25) is 53.2 Å². The fraction of sp³-hybridized carbons (Fsp3) is 0.462. The van der Waals surface area contributed by atoms with Crippen LogP contribution in [0.3, 0.4) is 0 Å². The van der Waals surface area contributed by atoms with Crippen molar-refractivity contribution in [3.8, 4) is 0 Å². The first kappa shape index (κ1) is 57.8. The summed E-state index contributed by atoms with van der Waals surface area (Å²) >= 11 is 0. The molecule has 3 aliphatic heterocycles. The van der Waals surface area contributed by atoms with Crippen LogP contribution < -0.4 is 54.0 Å². The lowest BCUT2D eigenvalue weighted by Crippen LogP contribution is -2.61. The lowest BCUT2D eigenvalue weighted by molar-refractivity contribution is -0.143. The van der Waals surface area contributed by atoms with Gasteiger partial charge in [0.15, 0.2) is 11.7 Å². The van der Waals surface area contributed by atoms with Crippen LogP contribution in [0.1, 0.15) is 76.3 Å². The Morgan fingerprint density at radius 2 is 1.45 bits per heavy atom. The molecule has 0 radical (unpaired) electrons. The van der Waals surface area contributed by atoms with Gasteiger partial charge in [0.1, 0.15) is 48.3 Å². The van der Waals surface area contributed by atoms with E-state index < -0.39 is 120 Å². The molecule has 25 heteroatoms. The van der Waals surface area contributed by atoms with Gasteiger partial charge in [-0.1, -0.05) is 54.6 Å². The van der Waals surface area contributed by atoms with E-state index in [1.807, 2.05) is 6.07 Å². The molecule has 6 rings (SSSR count). The predicted molar refractivity (Wildman–Crippen MR) is 282 cm³/mol. The Balaban J connectivity index is 1.42. The van der Waals surface area contributed by atoms with Crippen molar-refractivity contribution in [3.05, 3.63) is 83.7 Å². The van der Waals surface area contributed by atoms with Crippen LogP contribution in [0.15, 0.2) is 82.6 Å². The first-order valence-electron chi connectivity index (χ1n) is 25.5. The van der Waals surface area contributed by atoms with E-state index in [-0.39, 0.29) is 70.5 Å². The molecule has 8 atom stereocenters. The van der Waals surface area contributed by atoms with Gasteiger partial charge >= 0.3 is 0 Å². The number of aliphatic hydroxyl groups is 1. The number of Topliss-reactive ketones (excluding diaryl/α,β-unsaturated/α-hetero) is 1. The van der Waals surface area contributed by atoms with Crippen LogP contribution >= 0.6 is 0 Å². The standard InChI is InChI=1S/C52H68N14O11/c1-29(68)42(28-67)65-50(76)43-17-10-22-66(43)51(77)41-26-44(70)56-21-18-37(59-30(2)69)46(72)63-40(25-33-13-8-19-55-33)49(75)61-38(23-31-11-4-3-5-12-31)47(73)60-36(16-9-20-57-52(53)54)45(71)62-39(48(74)64-41)24-32-27-58-35-15-7-6-14-34(32)35/h3-7,11-15,19,27,36-43,58,67H,8-10,16-18,20-26,28H2,1-2H3,(H,56,70)(H,59,69)(H,60,73)(H,61,75)(H,62,71)(H,63,72)(H,64,74)(H,65,76)(H4,53,54,57)/t36-,37-,38+,39-,40-,41-,42-,43-/m0/s1. The van der Waals surface area contributed by atoms with Crippen molar-refractivity contribution in [2.45, 2.75) is 126 Å². The maximum atomic E-state index is 14.9. The smallest absolute Gasteiger partial charge is 0.246 e. The topological polar surface area (TPSA) is 383 Å². The molecule has 2 aromatic carbocycles. The van der Waals surface area contributed by atoms with Gasteiger partial charge in [-0.2, -0.15) is 0 Å². The van der Waals surface area contributed by atoms with E-state index in [9.17, 15) is 53.1 Å². The minimum Gasteiger partial charge on any atom is -0.394 e. The molecule has 2 fully saturated rings. The molecule has 3 aromatic rings. The summed E-state index contributed by atoms with van der Waals surface area (Å²) in [6.45, 7) is 1.42. The fourth-order valence-electron chi connectivity index (χ4n) is 9.26. The lowest BCUT2D eigenvalue weighted by atomic mass is 10.0. The Morgan fingerprint density at radius 3 is 2.13 bits per heavy atom. The van der Waals surface area contributed by atoms with Crippen LogP contribution in [-0.4, -0.2) is 161 Å². The van der Waals surface area contributed by atoms with Crippen LogP contribution in [0.2, 0.25) is 0 Å². The molecular formula is C52H68N14O11. The van der Waals surface area contributed by atoms with Gasteiger partial charge in [-0.15, -0.1) is 0 Å². The molecule has 4 heterocycles. The fourth-order valence-corrected chi connectivity index (χ4v) is 9.26. The van der Waals surface area contributed by atoms with Gasteiger partial charge < -0.3 is 69.0 Å². The highest BCUT2D eigenvalue weighted by Gasteiger charge is 2.41. The molecule has 2 saturated heterocycles. The number of hydrogen-bond acceptors (Lipinski definition) is 13. The molecule has 1 aromatic heterocycles. The first-order chi connectivity index (χ1) is 36.9. The Bertz CT molecular complexity index is 2760. The molecular weight excluding hydrogens is 997 g/mol. The molecule has 0 unspecified atom stereocenters. The minimum absolute atomic E-state index is 0.00622. The van der Waals surface area contributed by atoms with E-state index in [1.165, 1.54) is 18.7 Å². The molecule has 0 saturated carbocycles. The maximum Gasteiger partial charge on any atom is 0.246 e. The number of rotatable bonds is 16. The number of aliphatic imine (C=N–C) groups is 2. The molecule has 0 aliphatic carbocycles. The number of aromatic nitrogens is 1. The highest BCUT2D eigenvalue weighted by molar-refractivity contribution is 6.00. The number of aromatic amines is 1. The average Bonchev–Trinajstić information content (AvgIpc) is 4.20. The summed E-state index contributed by atoms with van der Waals surface area (Å²) in [5.41, 5.74) is 13.6. The number of carbonyl (C=O) groups is 10. The predicted octanol–water partition coefficient (Wildman–Crippen LogP) is -2.35. The number of aliphatic hydroxyl groups excluding tert-OH is 1. The third-order valence-corrected chi connectivity index (χ3v) is 13.3. The summed E-state index contributed by atoms with van der Waals surface area (Å²) in [6.07, 6.45) is 4.63. The van der Waals surface area contributed by atoms with Crippen LogP contribution in [0, 0.1) is 0 Å². The summed E-state index contributed by atoms with van der Waals surface area (Å²) in [7, 11) is 0. The van der Waals surface area contributed by atoms with Crippen LogP contribution in [-0.2, 0) is 60.8 Å². The number of allylic oxidation sites excluding steroid dienone is 1. The summed E-state index contributed by atoms with van der Waals surface area (Å²) in [4.78, 5) is 153. The third-order valence-electron chi connectivity index (χ3n) is 13.3. The number of para-hydroxylation sites is 1. The summed E-state index contributed by atoms with van der Waals surface area (Å²) in [5.74, 6) is -8.03. The van der Waals surface area contributed by atoms with Crippen molar-refractivity contribution < 1.29 is 53.1 Å². The number of H-pyrrole nitrogens is 1. The van der Waals surface area contributed by atoms with Crippen molar-refractivity contribution in [1.29, 1.82) is 0 Å². The second-order valence-electron chi connectivity index (χ2n) is 19.1. The number of nitrogens with two attached hydrogens (primary N) is 2. The number of guanidine groups is 1. The number of nitrogens with one attached hydrogen (secondary N) is 9. The van der Waals surface area contributed by atoms with Gasteiger partial charge in [-0.05, 0) is 56.2 Å². The number of carbonyl (C=O) groups excluding carboxylic acids is 10. The van der Waals surface area contributed by atoms with Crippen LogP contribution in [0.5, 0.6) is 0 Å². The molecule has 412 valence electrons. The van der Waals surface area contributed by atoms with Crippen LogP contribution in [0.4, 0.5) is 0 Å². The SMILES string of the molecule is CC(=O)N[C@H]1CCNC(=O)C[C@@H](C(=O)N2CCC[C@H]2C(=O)N[C@@H](CO)C(C)=O)NC(=O)[C@H](Cc2c[nH]c3ccccc23)NC(=O)[C@H](CCCN=C(N)N)NC(=O)[C@@H](Cc2ccccc2)NC(=O)[C@H](CC2=CCC=N2)NC1=O. The van der Waals surface area contributed by atoms with Crippen molar-refractivity contribution in [3.63, 3.8) is 0 Å². The minimum atomic E-state index is -1.69. The number of likely N-dealkylation sites (tertiary alicyclic amines) is 1. The van der Waals surface area contributed by atoms with E-state index in [1.54, 1.807) is 67.0 Å². The zero-order valence-corrected chi connectivity index (χ0v) is 43.0. The van der Waals surface area contributed by atoms with Gasteiger partial charge in [0.05, 0.1) is 13.0 Å². The number of fused-ring (bicyclic) bond motifs is 1. The van der Waals surface area contributed by atoms with Crippen molar-refractivity contribution in [1.82, 2.24) is 52.4 Å². The van der Waals surface area contributed by atoms with Gasteiger partial charge in [-0.3, -0.25) is 57.9 Å². The Kier molecular flexibility index (Phi) is 20.9. The quantitative estimate of drug-likeness (QED) is 0.0407. The van der Waals surface area contributed by atoms with Gasteiger partial charge in [-0.25, -0.2) is 0 Å². The number of benzene rings is 2. The van der Waals surface area contributed by atoms with E-state index in [0.29, 0.717) is 40.6 Å². The molecule has 77 heavy (non-hydrogen) atoms. The second kappa shape index (κ2) is 27.9. The lowest BCUT2D eigenvalue weighted by Gasteiger charge is -2.30. The first-order valence-corrected chi connectivity index (χ1v) is 25.5. The summed E-state index contributed by atoms with van der Waals surface area (Å²) in [5, 5.41) is 31.8. The van der Waals surface area contributed by atoms with Gasteiger partial charge in [0, 0.05) is 81.3 Å². The molecule has 0 bridgehead atoms. The number of amides is 9. The number of nitrogens with zero attached hydrogens (tertiary/aromatic N) is 3. The van der Waals surface area contributed by atoms with E-state index in [4.69, 9.17) is 11.5 Å². The van der Waals surface area contributed by atoms with Gasteiger partial charge in [0.25, 0.3) is 0 Å². The number of ketones is 1. The Hall–Kier alpha value is -8.48. The third kappa shape index (κ3) is 16.8. The summed E-state index contributed by atoms with van der Waals surface area (Å²) in [6, 6.07) is 4.78. The molecule has 25 nitrogen and oxygen atoms in total. The molecule has 14 N–H and O–H groups in total. The van der Waals surface area contributed by atoms with Crippen LogP contribution in [0.25, 0.3) is 10.9 Å². The highest BCUT2D eigenvalue weighted by atomic mass is 16.3. The van der Waals surface area contributed by atoms with Crippen molar-refractivity contribution in [2.75, 3.05) is 26.2 Å². The molecule has 9 amide bonds. The van der Waals surface area contributed by atoms with E-state index >= 15 is 0 Å². The Morgan fingerprint density at radius 1 is 0.805 bits per heavy atom. The molecule has 3 aliphatic rings. The molecule has 0 spiro atoms. The number of hydrogen-bond donors (Lipinski definition) is 12. The average molecular weight is 1070 g/mol. The van der Waals surface area contributed by atoms with E-state index in [2.05, 4.69) is 57.5 Å². The second-order valence-corrected chi connectivity index (χ2v) is 19.1.